The summed E-state index contributed by atoms with van der Waals surface area (Å²) in [5, 5.41) is 7.54. The first-order valence-corrected chi connectivity index (χ1v) is 16.8. The van der Waals surface area contributed by atoms with Gasteiger partial charge in [0.15, 0.2) is 0 Å². The van der Waals surface area contributed by atoms with E-state index in [0.29, 0.717) is 50.5 Å². The number of aromatic nitrogens is 1. The third-order valence-corrected chi connectivity index (χ3v) is 9.69. The highest BCUT2D eigenvalue weighted by Gasteiger charge is 2.45. The molecule has 2 aliphatic rings. The van der Waals surface area contributed by atoms with Gasteiger partial charge in [0.25, 0.3) is 5.91 Å². The number of anilines is 1. The van der Waals surface area contributed by atoms with Gasteiger partial charge < -0.3 is 30.5 Å². The maximum Gasteiger partial charge on any atom is 0.351 e. The molecule has 2 aromatic rings. The summed E-state index contributed by atoms with van der Waals surface area (Å²) in [7, 11) is 3.30. The van der Waals surface area contributed by atoms with Crippen LogP contribution in [0, 0.1) is 17.7 Å². The average Bonchev–Trinajstić information content (AvgIpc) is 3.10. The molecule has 1 aliphatic carbocycles. The van der Waals surface area contributed by atoms with Crippen molar-refractivity contribution in [3.05, 3.63) is 53.5 Å². The van der Waals surface area contributed by atoms with E-state index in [1.807, 2.05) is 7.05 Å². The predicted molar refractivity (Wildman–Crippen MR) is 177 cm³/mol. The van der Waals surface area contributed by atoms with Crippen molar-refractivity contribution in [2.24, 2.45) is 11.8 Å². The van der Waals surface area contributed by atoms with E-state index in [0.717, 1.165) is 25.1 Å². The zero-order valence-electron chi connectivity index (χ0n) is 28.7. The van der Waals surface area contributed by atoms with Crippen molar-refractivity contribution in [3.63, 3.8) is 0 Å². The Kier molecular flexibility index (Phi) is 12.6. The molecule has 4 amide bonds. The Morgan fingerprint density at radius 2 is 1.69 bits per heavy atom. The second-order valence-corrected chi connectivity index (χ2v) is 13.2. The second kappa shape index (κ2) is 16.5. The van der Waals surface area contributed by atoms with Crippen molar-refractivity contribution in [2.75, 3.05) is 45.7 Å². The van der Waals surface area contributed by atoms with E-state index in [1.54, 1.807) is 24.8 Å². The molecule has 49 heavy (non-hydrogen) atoms. The number of carbonyl (C=O) groups is 4. The van der Waals surface area contributed by atoms with Crippen molar-refractivity contribution in [2.45, 2.75) is 76.8 Å². The lowest BCUT2D eigenvalue weighted by atomic mass is 9.79. The Morgan fingerprint density at radius 3 is 2.27 bits per heavy atom. The van der Waals surface area contributed by atoms with Crippen molar-refractivity contribution < 1.29 is 37.1 Å². The van der Waals surface area contributed by atoms with Crippen LogP contribution in [0.5, 0.6) is 5.88 Å². The minimum atomic E-state index is -4.01. The van der Waals surface area contributed by atoms with Crippen LogP contribution in [-0.2, 0) is 25.1 Å². The van der Waals surface area contributed by atoms with E-state index in [-0.39, 0.29) is 29.8 Å². The molecular formula is C35H47F3N6O5. The molecule has 14 heteroatoms. The third-order valence-electron chi connectivity index (χ3n) is 9.69. The highest BCUT2D eigenvalue weighted by Crippen LogP contribution is 2.34. The first-order chi connectivity index (χ1) is 23.2. The SMILES string of the molecule is CCC(=O)N[C@@H](C(=O)N1CCN(C)CC1)[C@@H](C)c1ccc(NC(=O)[C@@H](NC(=O)C(F)(F)c2ccc(OC)nc2)[C@H]2CC[C@H](C)CC2)c(F)c1. The van der Waals surface area contributed by atoms with Crippen LogP contribution in [0.2, 0.25) is 0 Å². The fourth-order valence-electron chi connectivity index (χ4n) is 6.28. The van der Waals surface area contributed by atoms with Gasteiger partial charge in [0, 0.05) is 56.3 Å². The largest absolute Gasteiger partial charge is 0.481 e. The standard InChI is InChI=1S/C35H47F3N6O5/c1-6-28(45)41-30(33(47)44-17-15-43(4)16-18-44)22(3)24-11-13-27(26(36)19-24)40-32(46)31(23-9-7-21(2)8-10-23)42-34(48)35(37,38)25-12-14-29(49-5)39-20-25/h11-14,19-23,30-31H,6-10,15-18H2,1-5H3,(H,40,46)(H,41,45)(H,42,48)/t21-,22-,23-,30+,31-/m0/s1. The van der Waals surface area contributed by atoms with Crippen molar-refractivity contribution in [3.8, 4) is 5.88 Å². The summed E-state index contributed by atoms with van der Waals surface area (Å²) < 4.78 is 51.1. The molecule has 1 aromatic carbocycles. The molecule has 11 nitrogen and oxygen atoms in total. The highest BCUT2D eigenvalue weighted by molar-refractivity contribution is 5.98. The van der Waals surface area contributed by atoms with Gasteiger partial charge in [-0.2, -0.15) is 8.78 Å². The second-order valence-electron chi connectivity index (χ2n) is 13.2. The lowest BCUT2D eigenvalue weighted by Crippen LogP contribution is -2.55. The zero-order chi connectivity index (χ0) is 35.9. The van der Waals surface area contributed by atoms with Crippen LogP contribution < -0.4 is 20.7 Å². The number of ether oxygens (including phenoxy) is 1. The van der Waals surface area contributed by atoms with Gasteiger partial charge in [-0.15, -0.1) is 0 Å². The van der Waals surface area contributed by atoms with Gasteiger partial charge in [-0.05, 0) is 55.5 Å². The van der Waals surface area contributed by atoms with E-state index in [1.165, 1.54) is 25.3 Å². The van der Waals surface area contributed by atoms with E-state index in [4.69, 9.17) is 4.74 Å². The number of methoxy groups -OCH3 is 1. The molecule has 1 aromatic heterocycles. The molecule has 268 valence electrons. The molecule has 3 atom stereocenters. The van der Waals surface area contributed by atoms with Gasteiger partial charge in [-0.25, -0.2) is 9.37 Å². The minimum Gasteiger partial charge on any atom is -0.481 e. The number of rotatable bonds is 12. The van der Waals surface area contributed by atoms with Crippen LogP contribution in [0.3, 0.4) is 0 Å². The van der Waals surface area contributed by atoms with Gasteiger partial charge in [-0.1, -0.05) is 39.7 Å². The Balaban J connectivity index is 1.53. The van der Waals surface area contributed by atoms with E-state index in [2.05, 4.69) is 32.8 Å². The molecule has 1 aliphatic heterocycles. The van der Waals surface area contributed by atoms with Gasteiger partial charge in [0.1, 0.15) is 17.9 Å². The Morgan fingerprint density at radius 1 is 1.02 bits per heavy atom. The molecule has 4 rings (SSSR count). The van der Waals surface area contributed by atoms with Crippen molar-refractivity contribution in [1.29, 1.82) is 0 Å². The van der Waals surface area contributed by atoms with Gasteiger partial charge in [0.05, 0.1) is 12.8 Å². The molecule has 0 bridgehead atoms. The summed E-state index contributed by atoms with van der Waals surface area (Å²) in [6.07, 6.45) is 3.52. The van der Waals surface area contributed by atoms with Crippen LogP contribution in [0.15, 0.2) is 36.5 Å². The molecular weight excluding hydrogens is 641 g/mol. The topological polar surface area (TPSA) is 133 Å². The first-order valence-electron chi connectivity index (χ1n) is 16.8. The summed E-state index contributed by atoms with van der Waals surface area (Å²) in [6, 6.07) is 4.00. The fraction of sp³-hybridized carbons (Fsp3) is 0.571. The molecule has 0 radical (unpaired) electrons. The van der Waals surface area contributed by atoms with Crippen molar-refractivity contribution in [1.82, 2.24) is 25.4 Å². The summed E-state index contributed by atoms with van der Waals surface area (Å²) in [5.41, 5.74) is -0.467. The lowest BCUT2D eigenvalue weighted by molar-refractivity contribution is -0.149. The Bertz CT molecular complexity index is 1480. The third kappa shape index (κ3) is 9.28. The number of hydrogen-bond donors (Lipinski definition) is 3. The minimum absolute atomic E-state index is 0.0961. The molecule has 2 heterocycles. The van der Waals surface area contributed by atoms with Gasteiger partial charge in [-0.3, -0.25) is 19.2 Å². The number of likely N-dealkylation sites (N-methyl/N-ethyl adjacent to an activating group) is 1. The van der Waals surface area contributed by atoms with Crippen molar-refractivity contribution >= 4 is 29.3 Å². The van der Waals surface area contributed by atoms with Crippen LogP contribution in [0.4, 0.5) is 18.9 Å². The number of amides is 4. The number of benzene rings is 1. The monoisotopic (exact) mass is 688 g/mol. The van der Waals surface area contributed by atoms with Crippen LogP contribution in [0.1, 0.15) is 69.9 Å². The number of piperazine rings is 1. The maximum absolute atomic E-state index is 15.6. The van der Waals surface area contributed by atoms with Crippen LogP contribution in [-0.4, -0.2) is 90.8 Å². The quantitative estimate of drug-likeness (QED) is 0.307. The number of hydrogen-bond acceptors (Lipinski definition) is 7. The van der Waals surface area contributed by atoms with Crippen LogP contribution >= 0.6 is 0 Å². The fourth-order valence-corrected chi connectivity index (χ4v) is 6.28. The van der Waals surface area contributed by atoms with E-state index >= 15 is 13.2 Å². The number of carbonyl (C=O) groups excluding carboxylic acids is 4. The first kappa shape index (κ1) is 37.6. The molecule has 3 N–H and O–H groups in total. The molecule has 1 saturated carbocycles. The number of halogens is 3. The molecule has 1 saturated heterocycles. The van der Waals surface area contributed by atoms with Gasteiger partial charge in [0.2, 0.25) is 23.6 Å². The number of pyridine rings is 1. The zero-order valence-corrected chi connectivity index (χ0v) is 28.7. The summed E-state index contributed by atoms with van der Waals surface area (Å²) in [4.78, 5) is 60.1. The number of nitrogens with one attached hydrogen (secondary N) is 3. The maximum atomic E-state index is 15.6. The molecule has 0 unspecified atom stereocenters. The number of alkyl halides is 2. The Labute approximate surface area is 285 Å². The average molecular weight is 689 g/mol. The smallest absolute Gasteiger partial charge is 0.351 e. The number of nitrogens with zero attached hydrogens (tertiary/aromatic N) is 3. The van der Waals surface area contributed by atoms with Crippen LogP contribution in [0.25, 0.3) is 0 Å². The summed E-state index contributed by atoms with van der Waals surface area (Å²) in [5.74, 6) is -8.49. The normalized spacial score (nSPS) is 20.4. The van der Waals surface area contributed by atoms with Gasteiger partial charge >= 0.3 is 5.92 Å². The molecule has 0 spiro atoms. The summed E-state index contributed by atoms with van der Waals surface area (Å²) in [6.45, 7) is 7.83. The highest BCUT2D eigenvalue weighted by atomic mass is 19.3. The van der Waals surface area contributed by atoms with E-state index in [9.17, 15) is 19.2 Å². The van der Waals surface area contributed by atoms with E-state index < -0.39 is 53.0 Å². The lowest BCUT2D eigenvalue weighted by Gasteiger charge is -2.36. The predicted octanol–water partition coefficient (Wildman–Crippen LogP) is 4.04. The molecule has 2 fully saturated rings. The Hall–Kier alpha value is -4.20. The summed E-state index contributed by atoms with van der Waals surface area (Å²) >= 11 is 0.